The monoisotopic (exact) mass is 252 g/mol. The van der Waals surface area contributed by atoms with Gasteiger partial charge in [0.2, 0.25) is 0 Å². The molecule has 1 aromatic carbocycles. The molecule has 0 atom stereocenters. The van der Waals surface area contributed by atoms with Crippen molar-refractivity contribution in [1.29, 1.82) is 0 Å². The molecular formula is C17H20N2. The second-order valence-electron chi connectivity index (χ2n) is 5.10. The number of fused-ring (bicyclic) bond motifs is 3. The van der Waals surface area contributed by atoms with Gasteiger partial charge in [-0.1, -0.05) is 44.9 Å². The average Bonchev–Trinajstić information content (AvgIpc) is 2.92. The van der Waals surface area contributed by atoms with Gasteiger partial charge < -0.3 is 0 Å². The molecule has 19 heavy (non-hydrogen) atoms. The van der Waals surface area contributed by atoms with Crippen molar-refractivity contribution >= 4 is 16.4 Å². The van der Waals surface area contributed by atoms with Crippen LogP contribution in [0.2, 0.25) is 0 Å². The van der Waals surface area contributed by atoms with E-state index in [-0.39, 0.29) is 0 Å². The van der Waals surface area contributed by atoms with Gasteiger partial charge in [0.25, 0.3) is 0 Å². The Morgan fingerprint density at radius 2 is 1.63 bits per heavy atom. The lowest BCUT2D eigenvalue weighted by molar-refractivity contribution is 0.861. The van der Waals surface area contributed by atoms with Crippen LogP contribution in [0.15, 0.2) is 36.5 Å². The van der Waals surface area contributed by atoms with Gasteiger partial charge in [0.05, 0.1) is 17.2 Å². The van der Waals surface area contributed by atoms with Crippen molar-refractivity contribution in [1.82, 2.24) is 9.61 Å². The summed E-state index contributed by atoms with van der Waals surface area (Å²) in [5.74, 6) is 0. The number of hydrogen-bond acceptors (Lipinski definition) is 1. The van der Waals surface area contributed by atoms with Crippen LogP contribution in [0.5, 0.6) is 0 Å². The molecule has 2 heteroatoms. The maximum Gasteiger partial charge on any atom is 0.0727 e. The molecule has 0 bridgehead atoms. The third-order valence-electron chi connectivity index (χ3n) is 3.77. The zero-order valence-electron chi connectivity index (χ0n) is 11.7. The molecule has 2 nitrogen and oxygen atoms in total. The quantitative estimate of drug-likeness (QED) is 0.673. The van der Waals surface area contributed by atoms with E-state index in [9.17, 15) is 0 Å². The Balaban J connectivity index is 2.44. The van der Waals surface area contributed by atoms with E-state index in [0.717, 1.165) is 12.8 Å². The Kier molecular flexibility index (Phi) is 3.24. The van der Waals surface area contributed by atoms with E-state index >= 15 is 0 Å². The molecule has 98 valence electrons. The van der Waals surface area contributed by atoms with Crippen LogP contribution >= 0.6 is 0 Å². The standard InChI is InChI=1S/C17H20N2/c1-3-7-13-14(8-4-2)17-11-12-18-19(17)16-10-6-5-9-15(13)16/h5-6,9-12H,3-4,7-8H2,1-2H3. The fraction of sp³-hybridized carbons (Fsp3) is 0.353. The minimum atomic E-state index is 1.13. The Hall–Kier alpha value is -1.83. The van der Waals surface area contributed by atoms with Gasteiger partial charge in [0.15, 0.2) is 0 Å². The van der Waals surface area contributed by atoms with Crippen molar-refractivity contribution < 1.29 is 0 Å². The minimum absolute atomic E-state index is 1.13. The summed E-state index contributed by atoms with van der Waals surface area (Å²) in [4.78, 5) is 0. The van der Waals surface area contributed by atoms with Crippen molar-refractivity contribution in [2.24, 2.45) is 0 Å². The molecule has 0 saturated carbocycles. The minimum Gasteiger partial charge on any atom is -0.233 e. The van der Waals surface area contributed by atoms with Crippen LogP contribution in [0, 0.1) is 0 Å². The third-order valence-corrected chi connectivity index (χ3v) is 3.77. The molecular weight excluding hydrogens is 232 g/mol. The lowest BCUT2D eigenvalue weighted by atomic mass is 9.95. The molecule has 0 aliphatic carbocycles. The summed E-state index contributed by atoms with van der Waals surface area (Å²) >= 11 is 0. The number of aryl methyl sites for hydroxylation is 2. The summed E-state index contributed by atoms with van der Waals surface area (Å²) in [5.41, 5.74) is 5.52. The summed E-state index contributed by atoms with van der Waals surface area (Å²) in [5, 5.41) is 5.87. The van der Waals surface area contributed by atoms with Crippen LogP contribution in [0.4, 0.5) is 0 Å². The van der Waals surface area contributed by atoms with Crippen molar-refractivity contribution in [3.05, 3.63) is 47.7 Å². The number of benzene rings is 1. The fourth-order valence-electron chi connectivity index (χ4n) is 3.02. The molecule has 0 radical (unpaired) electrons. The highest BCUT2D eigenvalue weighted by Gasteiger charge is 2.13. The first kappa shape index (κ1) is 12.2. The van der Waals surface area contributed by atoms with Gasteiger partial charge in [-0.05, 0) is 36.1 Å². The molecule has 3 aromatic rings. The zero-order valence-corrected chi connectivity index (χ0v) is 11.7. The maximum absolute atomic E-state index is 4.51. The van der Waals surface area contributed by atoms with E-state index in [1.165, 1.54) is 40.4 Å². The largest absolute Gasteiger partial charge is 0.233 e. The molecule has 0 aliphatic rings. The molecule has 0 unspecified atom stereocenters. The topological polar surface area (TPSA) is 17.3 Å². The third kappa shape index (κ3) is 1.92. The maximum atomic E-state index is 4.51. The molecule has 0 N–H and O–H groups in total. The lowest BCUT2D eigenvalue weighted by Crippen LogP contribution is -2.02. The summed E-state index contributed by atoms with van der Waals surface area (Å²) in [6, 6.07) is 10.8. The summed E-state index contributed by atoms with van der Waals surface area (Å²) in [6.07, 6.45) is 6.56. The number of pyridine rings is 1. The molecule has 2 aromatic heterocycles. The van der Waals surface area contributed by atoms with E-state index in [1.54, 1.807) is 0 Å². The van der Waals surface area contributed by atoms with Crippen LogP contribution in [-0.2, 0) is 12.8 Å². The molecule has 0 amide bonds. The fourth-order valence-corrected chi connectivity index (χ4v) is 3.02. The van der Waals surface area contributed by atoms with E-state index in [1.807, 2.05) is 6.20 Å². The predicted molar refractivity (Wildman–Crippen MR) is 80.7 cm³/mol. The smallest absolute Gasteiger partial charge is 0.0727 e. The highest BCUT2D eigenvalue weighted by atomic mass is 15.2. The molecule has 0 saturated heterocycles. The van der Waals surface area contributed by atoms with Crippen molar-refractivity contribution in [3.8, 4) is 0 Å². The first-order valence-electron chi connectivity index (χ1n) is 7.23. The number of rotatable bonds is 4. The zero-order chi connectivity index (χ0) is 13.2. The first-order valence-corrected chi connectivity index (χ1v) is 7.23. The highest BCUT2D eigenvalue weighted by molar-refractivity contribution is 5.88. The second-order valence-corrected chi connectivity index (χ2v) is 5.10. The number of aromatic nitrogens is 2. The number of nitrogens with zero attached hydrogens (tertiary/aromatic N) is 2. The SMILES string of the molecule is CCCc1c(CCC)c2ccnn2c2ccccc12. The average molecular weight is 252 g/mol. The molecule has 0 fully saturated rings. The van der Waals surface area contributed by atoms with Gasteiger partial charge in [-0.15, -0.1) is 0 Å². The first-order chi connectivity index (χ1) is 9.36. The van der Waals surface area contributed by atoms with E-state index in [4.69, 9.17) is 0 Å². The van der Waals surface area contributed by atoms with Crippen LogP contribution in [0.1, 0.15) is 37.8 Å². The van der Waals surface area contributed by atoms with E-state index < -0.39 is 0 Å². The lowest BCUT2D eigenvalue weighted by Gasteiger charge is -2.15. The van der Waals surface area contributed by atoms with Crippen LogP contribution in [-0.4, -0.2) is 9.61 Å². The predicted octanol–water partition coefficient (Wildman–Crippen LogP) is 4.39. The Morgan fingerprint density at radius 3 is 2.42 bits per heavy atom. The van der Waals surface area contributed by atoms with Crippen LogP contribution in [0.25, 0.3) is 16.4 Å². The van der Waals surface area contributed by atoms with E-state index in [2.05, 4.69) is 53.8 Å². The van der Waals surface area contributed by atoms with Gasteiger partial charge in [-0.2, -0.15) is 5.10 Å². The number of hydrogen-bond donors (Lipinski definition) is 0. The Labute approximate surface area is 114 Å². The summed E-state index contributed by atoms with van der Waals surface area (Å²) < 4.78 is 2.10. The van der Waals surface area contributed by atoms with Gasteiger partial charge >= 0.3 is 0 Å². The van der Waals surface area contributed by atoms with Crippen molar-refractivity contribution in [3.63, 3.8) is 0 Å². The van der Waals surface area contributed by atoms with Crippen LogP contribution < -0.4 is 0 Å². The Morgan fingerprint density at radius 1 is 0.895 bits per heavy atom. The summed E-state index contributed by atoms with van der Waals surface area (Å²) in [7, 11) is 0. The second kappa shape index (κ2) is 5.04. The van der Waals surface area contributed by atoms with E-state index in [0.29, 0.717) is 0 Å². The van der Waals surface area contributed by atoms with Crippen molar-refractivity contribution in [2.45, 2.75) is 39.5 Å². The Bertz CT molecular complexity index is 710. The number of para-hydroxylation sites is 1. The van der Waals surface area contributed by atoms with Crippen LogP contribution in [0.3, 0.4) is 0 Å². The normalized spacial score (nSPS) is 11.5. The molecule has 0 spiro atoms. The van der Waals surface area contributed by atoms with Gasteiger partial charge in [-0.25, -0.2) is 4.52 Å². The van der Waals surface area contributed by atoms with Gasteiger partial charge in [0, 0.05) is 5.39 Å². The summed E-state index contributed by atoms with van der Waals surface area (Å²) in [6.45, 7) is 4.50. The van der Waals surface area contributed by atoms with Gasteiger partial charge in [0.1, 0.15) is 0 Å². The highest BCUT2D eigenvalue weighted by Crippen LogP contribution is 2.28. The van der Waals surface area contributed by atoms with Gasteiger partial charge in [-0.3, -0.25) is 0 Å². The molecule has 2 heterocycles. The molecule has 3 rings (SSSR count). The molecule has 0 aliphatic heterocycles. The van der Waals surface area contributed by atoms with Crippen molar-refractivity contribution in [2.75, 3.05) is 0 Å².